The van der Waals surface area contributed by atoms with E-state index in [4.69, 9.17) is 9.47 Å². The SMILES string of the molecule is C[C@@H](NS(=O)(=O)c1ccc2ccccc2c1)C(=O)N1CCN(Cc2ccc3c(c2)OCO3)CC1. The summed E-state index contributed by atoms with van der Waals surface area (Å²) in [6, 6.07) is 17.6. The van der Waals surface area contributed by atoms with E-state index >= 15 is 0 Å². The fourth-order valence-corrected chi connectivity index (χ4v) is 5.62. The van der Waals surface area contributed by atoms with Gasteiger partial charge >= 0.3 is 0 Å². The molecule has 0 radical (unpaired) electrons. The van der Waals surface area contributed by atoms with E-state index in [1.165, 1.54) is 0 Å². The molecule has 1 saturated heterocycles. The molecule has 0 aromatic heterocycles. The van der Waals surface area contributed by atoms with Crippen LogP contribution in [0.2, 0.25) is 0 Å². The van der Waals surface area contributed by atoms with Crippen LogP contribution >= 0.6 is 0 Å². The zero-order valence-corrected chi connectivity index (χ0v) is 19.8. The van der Waals surface area contributed by atoms with Crippen molar-refractivity contribution < 1.29 is 22.7 Å². The Balaban J connectivity index is 1.17. The minimum Gasteiger partial charge on any atom is -0.454 e. The summed E-state index contributed by atoms with van der Waals surface area (Å²) < 4.78 is 39.2. The number of rotatable bonds is 6. The van der Waals surface area contributed by atoms with Gasteiger partial charge in [0.25, 0.3) is 0 Å². The minimum absolute atomic E-state index is 0.152. The summed E-state index contributed by atoms with van der Waals surface area (Å²) >= 11 is 0. The van der Waals surface area contributed by atoms with E-state index in [0.29, 0.717) is 26.2 Å². The van der Waals surface area contributed by atoms with E-state index in [-0.39, 0.29) is 17.6 Å². The predicted octanol–water partition coefficient (Wildman–Crippen LogP) is 2.58. The molecule has 0 bridgehead atoms. The molecule has 34 heavy (non-hydrogen) atoms. The van der Waals surface area contributed by atoms with Gasteiger partial charge in [-0.25, -0.2) is 8.42 Å². The third-order valence-corrected chi connectivity index (χ3v) is 7.80. The van der Waals surface area contributed by atoms with Crippen LogP contribution in [-0.2, 0) is 21.4 Å². The van der Waals surface area contributed by atoms with Crippen molar-refractivity contribution in [3.05, 3.63) is 66.2 Å². The van der Waals surface area contributed by atoms with Crippen molar-refractivity contribution >= 4 is 26.7 Å². The summed E-state index contributed by atoms with van der Waals surface area (Å²) in [5, 5.41) is 1.80. The highest BCUT2D eigenvalue weighted by Gasteiger charge is 2.28. The van der Waals surface area contributed by atoms with E-state index in [0.717, 1.165) is 34.4 Å². The molecule has 1 amide bonds. The molecule has 2 aliphatic rings. The van der Waals surface area contributed by atoms with E-state index in [9.17, 15) is 13.2 Å². The molecular weight excluding hydrogens is 454 g/mol. The van der Waals surface area contributed by atoms with Crippen molar-refractivity contribution in [2.45, 2.75) is 24.4 Å². The molecule has 178 valence electrons. The number of piperazine rings is 1. The van der Waals surface area contributed by atoms with Crippen molar-refractivity contribution in [1.29, 1.82) is 0 Å². The van der Waals surface area contributed by atoms with Crippen LogP contribution in [0.1, 0.15) is 12.5 Å². The number of carbonyl (C=O) groups excluding carboxylic acids is 1. The van der Waals surface area contributed by atoms with Crippen LogP contribution in [0.5, 0.6) is 11.5 Å². The average molecular weight is 482 g/mol. The van der Waals surface area contributed by atoms with Crippen molar-refractivity contribution in [3.63, 3.8) is 0 Å². The zero-order valence-electron chi connectivity index (χ0n) is 18.9. The second kappa shape index (κ2) is 9.25. The number of fused-ring (bicyclic) bond motifs is 2. The molecule has 1 fully saturated rings. The van der Waals surface area contributed by atoms with Gasteiger partial charge in [0.15, 0.2) is 11.5 Å². The Labute approximate surface area is 199 Å². The molecule has 0 unspecified atom stereocenters. The van der Waals surface area contributed by atoms with Gasteiger partial charge < -0.3 is 14.4 Å². The van der Waals surface area contributed by atoms with Crippen LogP contribution in [0.15, 0.2) is 65.6 Å². The number of carbonyl (C=O) groups is 1. The molecule has 9 heteroatoms. The van der Waals surface area contributed by atoms with Gasteiger partial charge in [-0.15, -0.1) is 0 Å². The molecule has 2 aliphatic heterocycles. The Bertz CT molecular complexity index is 1320. The highest BCUT2D eigenvalue weighted by molar-refractivity contribution is 7.89. The van der Waals surface area contributed by atoms with Gasteiger partial charge in [0, 0.05) is 32.7 Å². The molecule has 5 rings (SSSR count). The van der Waals surface area contributed by atoms with Crippen LogP contribution < -0.4 is 14.2 Å². The Morgan fingerprint density at radius 1 is 0.941 bits per heavy atom. The van der Waals surface area contributed by atoms with E-state index in [1.807, 2.05) is 42.5 Å². The summed E-state index contributed by atoms with van der Waals surface area (Å²) in [5.74, 6) is 1.31. The van der Waals surface area contributed by atoms with Gasteiger partial charge in [-0.3, -0.25) is 9.69 Å². The molecule has 8 nitrogen and oxygen atoms in total. The maximum absolute atomic E-state index is 13.0. The number of hydrogen-bond donors (Lipinski definition) is 1. The molecule has 1 N–H and O–H groups in total. The minimum atomic E-state index is -3.82. The van der Waals surface area contributed by atoms with Gasteiger partial charge in [0.05, 0.1) is 10.9 Å². The van der Waals surface area contributed by atoms with Gasteiger partial charge in [0.2, 0.25) is 22.7 Å². The van der Waals surface area contributed by atoms with Crippen LogP contribution in [0.25, 0.3) is 10.8 Å². The summed E-state index contributed by atoms with van der Waals surface area (Å²) in [4.78, 5) is 17.1. The first-order valence-electron chi connectivity index (χ1n) is 11.3. The number of nitrogens with zero attached hydrogens (tertiary/aromatic N) is 2. The van der Waals surface area contributed by atoms with E-state index in [1.54, 1.807) is 30.0 Å². The standard InChI is InChI=1S/C25H27N3O5S/c1-18(26-34(30,31)22-8-7-20-4-2-3-5-21(20)15-22)25(29)28-12-10-27(11-13-28)16-19-6-9-23-24(14-19)33-17-32-23/h2-9,14-15,18,26H,10-13,16-17H2,1H3/t18-/m1/s1. The number of benzene rings is 3. The molecule has 0 aliphatic carbocycles. The lowest BCUT2D eigenvalue weighted by Gasteiger charge is -2.36. The fourth-order valence-electron chi connectivity index (χ4n) is 4.38. The van der Waals surface area contributed by atoms with Crippen molar-refractivity contribution in [2.75, 3.05) is 33.0 Å². The largest absolute Gasteiger partial charge is 0.454 e. The Morgan fingerprint density at radius 2 is 1.68 bits per heavy atom. The second-order valence-corrected chi connectivity index (χ2v) is 10.4. The normalized spacial score (nSPS) is 17.1. The lowest BCUT2D eigenvalue weighted by molar-refractivity contribution is -0.134. The Hall–Kier alpha value is -3.14. The maximum atomic E-state index is 13.0. The third-order valence-electron chi connectivity index (χ3n) is 6.26. The number of amides is 1. The first-order chi connectivity index (χ1) is 16.4. The number of hydrogen-bond acceptors (Lipinski definition) is 6. The van der Waals surface area contributed by atoms with Crippen LogP contribution in [0, 0.1) is 0 Å². The fraction of sp³-hybridized carbons (Fsp3) is 0.320. The van der Waals surface area contributed by atoms with Crippen molar-refractivity contribution in [1.82, 2.24) is 14.5 Å². The maximum Gasteiger partial charge on any atom is 0.241 e. The molecule has 2 heterocycles. The highest BCUT2D eigenvalue weighted by atomic mass is 32.2. The Kier molecular flexibility index (Phi) is 6.16. The van der Waals surface area contributed by atoms with Gasteiger partial charge in [0.1, 0.15) is 0 Å². The summed E-state index contributed by atoms with van der Waals surface area (Å²) in [5.41, 5.74) is 1.13. The zero-order chi connectivity index (χ0) is 23.7. The van der Waals surface area contributed by atoms with Crippen molar-refractivity contribution in [3.8, 4) is 11.5 Å². The summed E-state index contributed by atoms with van der Waals surface area (Å²) in [7, 11) is -3.82. The lowest BCUT2D eigenvalue weighted by atomic mass is 10.1. The molecule has 0 spiro atoms. The number of ether oxygens (including phenoxy) is 2. The number of nitrogens with one attached hydrogen (secondary N) is 1. The van der Waals surface area contributed by atoms with Crippen LogP contribution in [0.4, 0.5) is 0 Å². The molecule has 0 saturated carbocycles. The smallest absolute Gasteiger partial charge is 0.241 e. The van der Waals surface area contributed by atoms with Crippen LogP contribution in [-0.4, -0.2) is 63.1 Å². The molecule has 3 aromatic rings. The summed E-state index contributed by atoms with van der Waals surface area (Å²) in [6.07, 6.45) is 0. The van der Waals surface area contributed by atoms with Gasteiger partial charge in [-0.2, -0.15) is 4.72 Å². The highest BCUT2D eigenvalue weighted by Crippen LogP contribution is 2.32. The first-order valence-corrected chi connectivity index (χ1v) is 12.8. The quantitative estimate of drug-likeness (QED) is 0.582. The second-order valence-electron chi connectivity index (χ2n) is 8.64. The molecular formula is C25H27N3O5S. The monoisotopic (exact) mass is 481 g/mol. The third kappa shape index (κ3) is 4.72. The van der Waals surface area contributed by atoms with Crippen LogP contribution in [0.3, 0.4) is 0 Å². The van der Waals surface area contributed by atoms with E-state index < -0.39 is 16.1 Å². The molecule has 1 atom stereocenters. The first kappa shape index (κ1) is 22.6. The van der Waals surface area contributed by atoms with Gasteiger partial charge in [-0.1, -0.05) is 36.4 Å². The lowest BCUT2D eigenvalue weighted by Crippen LogP contribution is -2.53. The van der Waals surface area contributed by atoms with E-state index in [2.05, 4.69) is 9.62 Å². The van der Waals surface area contributed by atoms with Gasteiger partial charge in [-0.05, 0) is 47.5 Å². The van der Waals surface area contributed by atoms with Crippen molar-refractivity contribution in [2.24, 2.45) is 0 Å². The predicted molar refractivity (Wildman–Crippen MR) is 128 cm³/mol. The number of sulfonamides is 1. The average Bonchev–Trinajstić information content (AvgIpc) is 3.31. The Morgan fingerprint density at radius 3 is 2.47 bits per heavy atom. The topological polar surface area (TPSA) is 88.2 Å². The summed E-state index contributed by atoms with van der Waals surface area (Å²) in [6.45, 7) is 5.12. The molecule has 3 aromatic carbocycles.